The molecule has 6 nitrogen and oxygen atoms in total. The van der Waals surface area contributed by atoms with Gasteiger partial charge in [0.1, 0.15) is 5.69 Å². The van der Waals surface area contributed by atoms with Crippen LogP contribution in [-0.4, -0.2) is 54.1 Å². The number of rotatable bonds is 4. The second-order valence-corrected chi connectivity index (χ2v) is 5.94. The zero-order valence-electron chi connectivity index (χ0n) is 14.1. The van der Waals surface area contributed by atoms with Gasteiger partial charge in [0.15, 0.2) is 0 Å². The molecule has 0 spiro atoms. The highest BCUT2D eigenvalue weighted by molar-refractivity contribution is 5.92. The summed E-state index contributed by atoms with van der Waals surface area (Å²) in [7, 11) is 1.94. The predicted molar refractivity (Wildman–Crippen MR) is 92.0 cm³/mol. The standard InChI is InChI=1S/C18H22N4O2/c1-14-12-16(17(23)22-8-10-24-11-9-22)20-18(19-14)21(2)13-15-6-4-3-5-7-15/h3-7,12H,8-11,13H2,1-2H3. The number of benzene rings is 1. The number of hydrogen-bond donors (Lipinski definition) is 0. The Hall–Kier alpha value is -2.47. The lowest BCUT2D eigenvalue weighted by atomic mass is 10.2. The molecule has 1 saturated heterocycles. The molecule has 24 heavy (non-hydrogen) atoms. The second kappa shape index (κ2) is 7.40. The fraction of sp³-hybridized carbons (Fsp3) is 0.389. The molecule has 1 aromatic carbocycles. The van der Waals surface area contributed by atoms with Crippen molar-refractivity contribution in [3.8, 4) is 0 Å². The van der Waals surface area contributed by atoms with Crippen LogP contribution in [0.5, 0.6) is 0 Å². The third-order valence-electron chi connectivity index (χ3n) is 3.96. The van der Waals surface area contributed by atoms with Gasteiger partial charge in [0.2, 0.25) is 5.95 Å². The smallest absolute Gasteiger partial charge is 0.272 e. The van der Waals surface area contributed by atoms with Crippen molar-refractivity contribution < 1.29 is 9.53 Å². The minimum atomic E-state index is -0.0573. The zero-order chi connectivity index (χ0) is 16.9. The van der Waals surface area contributed by atoms with Crippen LogP contribution in [0.4, 0.5) is 5.95 Å². The Bertz CT molecular complexity index is 699. The Morgan fingerprint density at radius 3 is 2.62 bits per heavy atom. The van der Waals surface area contributed by atoms with E-state index in [0.29, 0.717) is 44.5 Å². The average molecular weight is 326 g/mol. The van der Waals surface area contributed by atoms with Crippen LogP contribution in [0.1, 0.15) is 21.7 Å². The lowest BCUT2D eigenvalue weighted by molar-refractivity contribution is 0.0299. The van der Waals surface area contributed by atoms with Crippen molar-refractivity contribution >= 4 is 11.9 Å². The molecule has 1 aromatic heterocycles. The van der Waals surface area contributed by atoms with E-state index in [0.717, 1.165) is 5.69 Å². The van der Waals surface area contributed by atoms with Gasteiger partial charge in [-0.15, -0.1) is 0 Å². The number of anilines is 1. The van der Waals surface area contributed by atoms with E-state index >= 15 is 0 Å². The van der Waals surface area contributed by atoms with Crippen molar-refractivity contribution in [3.63, 3.8) is 0 Å². The molecule has 0 radical (unpaired) electrons. The third kappa shape index (κ3) is 3.89. The summed E-state index contributed by atoms with van der Waals surface area (Å²) in [5.74, 6) is 0.508. The summed E-state index contributed by atoms with van der Waals surface area (Å²) >= 11 is 0. The van der Waals surface area contributed by atoms with Gasteiger partial charge in [-0.25, -0.2) is 9.97 Å². The van der Waals surface area contributed by atoms with Crippen LogP contribution < -0.4 is 4.90 Å². The molecular weight excluding hydrogens is 304 g/mol. The summed E-state index contributed by atoms with van der Waals surface area (Å²) < 4.78 is 5.30. The van der Waals surface area contributed by atoms with Crippen LogP contribution in [0.2, 0.25) is 0 Å². The lowest BCUT2D eigenvalue weighted by Crippen LogP contribution is -2.41. The molecule has 126 valence electrons. The predicted octanol–water partition coefficient (Wildman–Crippen LogP) is 1.89. The molecule has 2 heterocycles. The van der Waals surface area contributed by atoms with Gasteiger partial charge >= 0.3 is 0 Å². The molecule has 1 fully saturated rings. The maximum atomic E-state index is 12.6. The largest absolute Gasteiger partial charge is 0.378 e. The Labute approximate surface area is 142 Å². The van der Waals surface area contributed by atoms with Crippen molar-refractivity contribution in [2.24, 2.45) is 0 Å². The molecule has 1 amide bonds. The van der Waals surface area contributed by atoms with E-state index in [9.17, 15) is 4.79 Å². The van der Waals surface area contributed by atoms with Gasteiger partial charge in [0.25, 0.3) is 5.91 Å². The average Bonchev–Trinajstić information content (AvgIpc) is 2.62. The molecule has 0 N–H and O–H groups in total. The number of hydrogen-bond acceptors (Lipinski definition) is 5. The van der Waals surface area contributed by atoms with E-state index in [-0.39, 0.29) is 5.91 Å². The highest BCUT2D eigenvalue weighted by atomic mass is 16.5. The minimum Gasteiger partial charge on any atom is -0.378 e. The summed E-state index contributed by atoms with van der Waals surface area (Å²) in [6, 6.07) is 11.9. The monoisotopic (exact) mass is 326 g/mol. The van der Waals surface area contributed by atoms with Gasteiger partial charge in [-0.1, -0.05) is 30.3 Å². The Morgan fingerprint density at radius 2 is 1.92 bits per heavy atom. The highest BCUT2D eigenvalue weighted by Crippen LogP contribution is 2.14. The molecule has 0 atom stereocenters. The molecule has 0 saturated carbocycles. The van der Waals surface area contributed by atoms with E-state index < -0.39 is 0 Å². The van der Waals surface area contributed by atoms with Gasteiger partial charge < -0.3 is 14.5 Å². The summed E-state index contributed by atoms with van der Waals surface area (Å²) in [6.45, 7) is 4.95. The summed E-state index contributed by atoms with van der Waals surface area (Å²) in [4.78, 5) is 25.4. The van der Waals surface area contributed by atoms with Crippen molar-refractivity contribution in [2.45, 2.75) is 13.5 Å². The summed E-state index contributed by atoms with van der Waals surface area (Å²) in [5, 5.41) is 0. The number of nitrogens with zero attached hydrogens (tertiary/aromatic N) is 4. The van der Waals surface area contributed by atoms with E-state index in [1.54, 1.807) is 11.0 Å². The first-order valence-electron chi connectivity index (χ1n) is 8.11. The molecule has 2 aromatic rings. The summed E-state index contributed by atoms with van der Waals surface area (Å²) in [6.07, 6.45) is 0. The van der Waals surface area contributed by atoms with Crippen LogP contribution in [-0.2, 0) is 11.3 Å². The SMILES string of the molecule is Cc1cc(C(=O)N2CCOCC2)nc(N(C)Cc2ccccc2)n1. The Kier molecular flexibility index (Phi) is 5.05. The van der Waals surface area contributed by atoms with Gasteiger partial charge in [-0.2, -0.15) is 0 Å². The normalized spacial score (nSPS) is 14.5. The number of amides is 1. The molecule has 1 aliphatic rings. The maximum absolute atomic E-state index is 12.6. The van der Waals surface area contributed by atoms with Crippen LogP contribution in [0, 0.1) is 6.92 Å². The molecule has 0 aliphatic carbocycles. The van der Waals surface area contributed by atoms with Crippen molar-refractivity contribution in [1.82, 2.24) is 14.9 Å². The molecule has 0 bridgehead atoms. The van der Waals surface area contributed by atoms with Gasteiger partial charge in [0.05, 0.1) is 13.2 Å². The van der Waals surface area contributed by atoms with Crippen LogP contribution in [0.25, 0.3) is 0 Å². The van der Waals surface area contributed by atoms with E-state index in [1.165, 1.54) is 5.56 Å². The van der Waals surface area contributed by atoms with Crippen LogP contribution >= 0.6 is 0 Å². The number of ether oxygens (including phenoxy) is 1. The Balaban J connectivity index is 1.79. The molecule has 6 heteroatoms. The van der Waals surface area contributed by atoms with E-state index in [2.05, 4.69) is 22.1 Å². The molecular formula is C18H22N4O2. The van der Waals surface area contributed by atoms with Crippen molar-refractivity contribution in [3.05, 3.63) is 53.3 Å². The van der Waals surface area contributed by atoms with E-state index in [4.69, 9.17) is 4.74 Å². The number of carbonyl (C=O) groups is 1. The first-order valence-corrected chi connectivity index (χ1v) is 8.11. The first-order chi connectivity index (χ1) is 11.6. The second-order valence-electron chi connectivity index (χ2n) is 5.94. The quantitative estimate of drug-likeness (QED) is 0.859. The number of aryl methyl sites for hydroxylation is 1. The zero-order valence-corrected chi connectivity index (χ0v) is 14.1. The molecule has 3 rings (SSSR count). The lowest BCUT2D eigenvalue weighted by Gasteiger charge is -2.27. The van der Waals surface area contributed by atoms with Gasteiger partial charge in [-0.3, -0.25) is 4.79 Å². The number of morpholine rings is 1. The maximum Gasteiger partial charge on any atom is 0.272 e. The van der Waals surface area contributed by atoms with Crippen LogP contribution in [0.3, 0.4) is 0 Å². The summed E-state index contributed by atoms with van der Waals surface area (Å²) in [5.41, 5.74) is 2.40. The Morgan fingerprint density at radius 1 is 1.21 bits per heavy atom. The van der Waals surface area contributed by atoms with Crippen molar-refractivity contribution in [1.29, 1.82) is 0 Å². The third-order valence-corrected chi connectivity index (χ3v) is 3.96. The number of carbonyl (C=O) groups excluding carboxylic acids is 1. The molecule has 1 aliphatic heterocycles. The fourth-order valence-electron chi connectivity index (χ4n) is 2.69. The topological polar surface area (TPSA) is 58.6 Å². The van der Waals surface area contributed by atoms with Gasteiger partial charge in [0, 0.05) is 32.4 Å². The van der Waals surface area contributed by atoms with Crippen LogP contribution in [0.15, 0.2) is 36.4 Å². The minimum absolute atomic E-state index is 0.0573. The molecule has 0 unspecified atom stereocenters. The van der Waals surface area contributed by atoms with Gasteiger partial charge in [-0.05, 0) is 18.6 Å². The van der Waals surface area contributed by atoms with Crippen molar-refractivity contribution in [2.75, 3.05) is 38.3 Å². The fourth-order valence-corrected chi connectivity index (χ4v) is 2.69. The highest BCUT2D eigenvalue weighted by Gasteiger charge is 2.21. The first kappa shape index (κ1) is 16.4. The number of aromatic nitrogens is 2. The van der Waals surface area contributed by atoms with E-state index in [1.807, 2.05) is 37.1 Å².